The summed E-state index contributed by atoms with van der Waals surface area (Å²) in [5.41, 5.74) is 1.48. The van der Waals surface area contributed by atoms with Crippen LogP contribution in [0.25, 0.3) is 6.08 Å². The van der Waals surface area contributed by atoms with Gasteiger partial charge in [-0.15, -0.1) is 6.42 Å². The van der Waals surface area contributed by atoms with Crippen molar-refractivity contribution in [1.82, 2.24) is 4.98 Å². The van der Waals surface area contributed by atoms with Gasteiger partial charge in [-0.25, -0.2) is 4.98 Å². The molecule has 0 aliphatic heterocycles. The molecule has 0 atom stereocenters. The van der Waals surface area contributed by atoms with Crippen molar-refractivity contribution >= 4 is 17.7 Å². The first kappa shape index (κ1) is 7.84. The molecule has 54 valence electrons. The Morgan fingerprint density at radius 3 is 3.00 bits per heavy atom. The lowest BCUT2D eigenvalue weighted by Gasteiger charge is -1.96. The van der Waals surface area contributed by atoms with E-state index in [1.807, 2.05) is 0 Å². The van der Waals surface area contributed by atoms with Crippen LogP contribution in [0.3, 0.4) is 0 Å². The minimum absolute atomic E-state index is 0.430. The quantitative estimate of drug-likeness (QED) is 0.458. The zero-order valence-electron chi connectivity index (χ0n) is 5.84. The van der Waals surface area contributed by atoms with E-state index in [4.69, 9.17) is 18.0 Å². The van der Waals surface area contributed by atoms with Gasteiger partial charge in [0, 0.05) is 17.3 Å². The monoisotopic (exact) mass is 163 g/mol. The van der Waals surface area contributed by atoms with Crippen molar-refractivity contribution in [2.75, 3.05) is 0 Å². The molecule has 0 fully saturated rings. The normalized spacial score (nSPS) is 8.73. The summed E-state index contributed by atoms with van der Waals surface area (Å²) in [6.07, 6.45) is 8.33. The standard InChI is InChI=1S/C9H6ClN/c1-3-7-5-8(4-2)9(10)11-6-7/h1,4-6H,2H2. The van der Waals surface area contributed by atoms with E-state index in [1.165, 1.54) is 0 Å². The Labute approximate surface area is 70.7 Å². The number of pyridine rings is 1. The molecule has 1 rings (SSSR count). The first-order valence-corrected chi connectivity index (χ1v) is 3.40. The van der Waals surface area contributed by atoms with Gasteiger partial charge in [0.15, 0.2) is 0 Å². The molecule has 1 aromatic rings. The minimum Gasteiger partial charge on any atom is -0.243 e. The van der Waals surface area contributed by atoms with Crippen molar-refractivity contribution in [2.45, 2.75) is 0 Å². The van der Waals surface area contributed by atoms with Gasteiger partial charge in [-0.05, 0) is 6.07 Å². The van der Waals surface area contributed by atoms with Gasteiger partial charge in [-0.1, -0.05) is 30.2 Å². The second kappa shape index (κ2) is 3.23. The van der Waals surface area contributed by atoms with Crippen molar-refractivity contribution in [3.05, 3.63) is 35.1 Å². The zero-order chi connectivity index (χ0) is 8.27. The predicted octanol–water partition coefficient (Wildman–Crippen LogP) is 2.36. The molecule has 0 aromatic carbocycles. The maximum atomic E-state index is 5.70. The number of nitrogens with zero attached hydrogens (tertiary/aromatic N) is 1. The molecule has 0 N–H and O–H groups in total. The molecular weight excluding hydrogens is 158 g/mol. The van der Waals surface area contributed by atoms with E-state index in [0.717, 1.165) is 5.56 Å². The second-order valence-corrected chi connectivity index (χ2v) is 2.31. The number of hydrogen-bond donors (Lipinski definition) is 0. The molecule has 0 saturated carbocycles. The van der Waals surface area contributed by atoms with Crippen LogP contribution in [0.2, 0.25) is 5.15 Å². The predicted molar refractivity (Wildman–Crippen MR) is 47.3 cm³/mol. The fourth-order valence-corrected chi connectivity index (χ4v) is 0.868. The Hall–Kier alpha value is -1.26. The Morgan fingerprint density at radius 2 is 2.45 bits per heavy atom. The van der Waals surface area contributed by atoms with Crippen molar-refractivity contribution in [3.63, 3.8) is 0 Å². The van der Waals surface area contributed by atoms with Crippen molar-refractivity contribution in [1.29, 1.82) is 0 Å². The van der Waals surface area contributed by atoms with Gasteiger partial charge in [-0.2, -0.15) is 0 Å². The average Bonchev–Trinajstić information content (AvgIpc) is 2.05. The molecule has 11 heavy (non-hydrogen) atoms. The average molecular weight is 164 g/mol. The smallest absolute Gasteiger partial charge is 0.136 e. The third kappa shape index (κ3) is 1.60. The van der Waals surface area contributed by atoms with Gasteiger partial charge >= 0.3 is 0 Å². The first-order chi connectivity index (χ1) is 5.27. The van der Waals surface area contributed by atoms with Crippen LogP contribution in [0.4, 0.5) is 0 Å². The third-order valence-corrected chi connectivity index (χ3v) is 1.57. The van der Waals surface area contributed by atoms with Crippen LogP contribution in [-0.2, 0) is 0 Å². The fraction of sp³-hybridized carbons (Fsp3) is 0. The van der Waals surface area contributed by atoms with Crippen LogP contribution in [0.15, 0.2) is 18.8 Å². The molecule has 2 heteroatoms. The van der Waals surface area contributed by atoms with E-state index in [2.05, 4.69) is 17.5 Å². The number of aromatic nitrogens is 1. The topological polar surface area (TPSA) is 12.9 Å². The highest BCUT2D eigenvalue weighted by atomic mass is 35.5. The lowest BCUT2D eigenvalue weighted by molar-refractivity contribution is 1.30. The van der Waals surface area contributed by atoms with Crippen LogP contribution in [0.1, 0.15) is 11.1 Å². The summed E-state index contributed by atoms with van der Waals surface area (Å²) in [5.74, 6) is 2.46. The molecule has 0 saturated heterocycles. The minimum atomic E-state index is 0.430. The largest absolute Gasteiger partial charge is 0.243 e. The SMILES string of the molecule is C#Cc1cnc(Cl)c(C=C)c1. The van der Waals surface area contributed by atoms with E-state index < -0.39 is 0 Å². The second-order valence-electron chi connectivity index (χ2n) is 1.95. The first-order valence-electron chi connectivity index (χ1n) is 3.02. The highest BCUT2D eigenvalue weighted by Crippen LogP contribution is 2.14. The van der Waals surface area contributed by atoms with E-state index in [-0.39, 0.29) is 0 Å². The Balaban J connectivity index is 3.25. The Morgan fingerprint density at radius 1 is 1.73 bits per heavy atom. The van der Waals surface area contributed by atoms with Gasteiger partial charge < -0.3 is 0 Å². The number of terminal acetylenes is 1. The molecule has 0 aliphatic rings. The van der Waals surface area contributed by atoms with E-state index in [9.17, 15) is 0 Å². The van der Waals surface area contributed by atoms with E-state index >= 15 is 0 Å². The highest BCUT2D eigenvalue weighted by molar-refractivity contribution is 6.30. The lowest BCUT2D eigenvalue weighted by atomic mass is 10.2. The summed E-state index contributed by atoms with van der Waals surface area (Å²) in [6, 6.07) is 1.77. The molecule has 1 aromatic heterocycles. The van der Waals surface area contributed by atoms with Crippen LogP contribution < -0.4 is 0 Å². The van der Waals surface area contributed by atoms with Gasteiger partial charge in [0.2, 0.25) is 0 Å². The van der Waals surface area contributed by atoms with E-state index in [1.54, 1.807) is 18.3 Å². The van der Waals surface area contributed by atoms with Crippen LogP contribution in [-0.4, -0.2) is 4.98 Å². The molecule has 0 spiro atoms. The molecule has 0 aliphatic carbocycles. The molecule has 1 heterocycles. The number of hydrogen-bond acceptors (Lipinski definition) is 1. The highest BCUT2D eigenvalue weighted by Gasteiger charge is 1.96. The Kier molecular flexibility index (Phi) is 2.30. The summed E-state index contributed by atoms with van der Waals surface area (Å²) in [4.78, 5) is 3.87. The van der Waals surface area contributed by atoms with Crippen molar-refractivity contribution in [3.8, 4) is 12.3 Å². The number of halogens is 1. The van der Waals surface area contributed by atoms with Gasteiger partial charge in [0.25, 0.3) is 0 Å². The molecule has 1 nitrogen and oxygen atoms in total. The summed E-state index contributed by atoms with van der Waals surface area (Å²) in [7, 11) is 0. The van der Waals surface area contributed by atoms with Gasteiger partial charge in [0.1, 0.15) is 5.15 Å². The van der Waals surface area contributed by atoms with Gasteiger partial charge in [-0.3, -0.25) is 0 Å². The zero-order valence-corrected chi connectivity index (χ0v) is 6.60. The maximum absolute atomic E-state index is 5.70. The summed E-state index contributed by atoms with van der Waals surface area (Å²) < 4.78 is 0. The summed E-state index contributed by atoms with van der Waals surface area (Å²) in [5, 5.41) is 0.430. The van der Waals surface area contributed by atoms with Crippen LogP contribution in [0, 0.1) is 12.3 Å². The van der Waals surface area contributed by atoms with E-state index in [0.29, 0.717) is 10.7 Å². The molecule has 0 amide bonds. The molecule has 0 radical (unpaired) electrons. The van der Waals surface area contributed by atoms with Gasteiger partial charge in [0.05, 0.1) is 0 Å². The fourth-order valence-electron chi connectivity index (χ4n) is 0.687. The van der Waals surface area contributed by atoms with Crippen molar-refractivity contribution in [2.24, 2.45) is 0 Å². The number of rotatable bonds is 1. The summed E-state index contributed by atoms with van der Waals surface area (Å²) in [6.45, 7) is 3.57. The third-order valence-electron chi connectivity index (χ3n) is 1.25. The summed E-state index contributed by atoms with van der Waals surface area (Å²) >= 11 is 5.70. The van der Waals surface area contributed by atoms with Crippen LogP contribution in [0.5, 0.6) is 0 Å². The molecule has 0 bridgehead atoms. The maximum Gasteiger partial charge on any atom is 0.136 e. The Bertz CT molecular complexity index is 323. The lowest BCUT2D eigenvalue weighted by Crippen LogP contribution is -1.83. The van der Waals surface area contributed by atoms with Crippen LogP contribution >= 0.6 is 11.6 Å². The molecule has 0 unspecified atom stereocenters. The van der Waals surface area contributed by atoms with Crippen molar-refractivity contribution < 1.29 is 0 Å². The molecular formula is C9H6ClN.